The van der Waals surface area contributed by atoms with E-state index in [9.17, 15) is 4.79 Å². The van der Waals surface area contributed by atoms with Crippen LogP contribution in [0.2, 0.25) is 0 Å². The second-order valence-corrected chi connectivity index (χ2v) is 6.06. The zero-order valence-corrected chi connectivity index (χ0v) is 14.0. The molecule has 1 atom stereocenters. The molecule has 3 heteroatoms. The van der Waals surface area contributed by atoms with Gasteiger partial charge in [0.05, 0.1) is 0 Å². The van der Waals surface area contributed by atoms with E-state index in [4.69, 9.17) is 4.74 Å². The molecule has 23 heavy (non-hydrogen) atoms. The van der Waals surface area contributed by atoms with Crippen molar-refractivity contribution in [2.24, 2.45) is 0 Å². The summed E-state index contributed by atoms with van der Waals surface area (Å²) in [5.74, 6) is -0.598. The third-order valence-corrected chi connectivity index (χ3v) is 3.63. The summed E-state index contributed by atoms with van der Waals surface area (Å²) in [6.45, 7) is 6.72. The van der Waals surface area contributed by atoms with Gasteiger partial charge in [0.25, 0.3) is 0 Å². The lowest BCUT2D eigenvalue weighted by molar-refractivity contribution is -0.148. The van der Waals surface area contributed by atoms with Crippen LogP contribution in [-0.4, -0.2) is 24.7 Å². The molecule has 0 amide bonds. The molecule has 0 saturated carbocycles. The summed E-state index contributed by atoms with van der Waals surface area (Å²) in [5, 5.41) is 3.29. The van der Waals surface area contributed by atoms with Crippen LogP contribution in [0.3, 0.4) is 0 Å². The number of esters is 1. The van der Waals surface area contributed by atoms with Gasteiger partial charge in [-0.05, 0) is 18.1 Å². The Bertz CT molecular complexity index is 556. The second-order valence-electron chi connectivity index (χ2n) is 6.06. The number of carbonyl (C=O) groups is 1. The van der Waals surface area contributed by atoms with Crippen LogP contribution in [0.5, 0.6) is 0 Å². The minimum Gasteiger partial charge on any atom is -0.461 e. The monoisotopic (exact) mass is 311 g/mol. The SMILES string of the molecule is CC(C)NCC(C)OC(=O)C(c1ccccc1)c1ccccc1. The van der Waals surface area contributed by atoms with Crippen molar-refractivity contribution < 1.29 is 9.53 Å². The Morgan fingerprint density at radius 2 is 1.39 bits per heavy atom. The Morgan fingerprint density at radius 1 is 0.913 bits per heavy atom. The van der Waals surface area contributed by atoms with Crippen LogP contribution in [0.15, 0.2) is 60.7 Å². The van der Waals surface area contributed by atoms with E-state index in [2.05, 4.69) is 19.2 Å². The van der Waals surface area contributed by atoms with Gasteiger partial charge in [0.1, 0.15) is 12.0 Å². The van der Waals surface area contributed by atoms with E-state index >= 15 is 0 Å². The normalized spacial score (nSPS) is 12.4. The van der Waals surface area contributed by atoms with E-state index in [-0.39, 0.29) is 18.0 Å². The quantitative estimate of drug-likeness (QED) is 0.792. The van der Waals surface area contributed by atoms with E-state index in [1.807, 2.05) is 67.6 Å². The standard InChI is InChI=1S/C20H25NO2/c1-15(2)21-14-16(3)23-20(22)19(17-10-6-4-7-11-17)18-12-8-5-9-13-18/h4-13,15-16,19,21H,14H2,1-3H3. The van der Waals surface area contributed by atoms with Gasteiger partial charge in [-0.1, -0.05) is 74.5 Å². The molecule has 0 bridgehead atoms. The van der Waals surface area contributed by atoms with Gasteiger partial charge in [-0.2, -0.15) is 0 Å². The summed E-state index contributed by atoms with van der Waals surface area (Å²) >= 11 is 0. The lowest BCUT2D eigenvalue weighted by atomic mass is 9.91. The predicted molar refractivity (Wildman–Crippen MR) is 93.4 cm³/mol. The number of ether oxygens (including phenoxy) is 1. The third-order valence-electron chi connectivity index (χ3n) is 3.63. The number of hydrogen-bond acceptors (Lipinski definition) is 3. The molecule has 2 aromatic rings. The van der Waals surface area contributed by atoms with Crippen molar-refractivity contribution in [2.45, 2.75) is 38.8 Å². The highest BCUT2D eigenvalue weighted by atomic mass is 16.5. The lowest BCUT2D eigenvalue weighted by Gasteiger charge is -2.21. The first-order chi connectivity index (χ1) is 11.1. The predicted octanol–water partition coefficient (Wildman–Crippen LogP) is 3.75. The van der Waals surface area contributed by atoms with E-state index < -0.39 is 0 Å². The molecule has 0 radical (unpaired) electrons. The maximum Gasteiger partial charge on any atom is 0.318 e. The molecule has 2 rings (SSSR count). The number of carbonyl (C=O) groups excluding carboxylic acids is 1. The van der Waals surface area contributed by atoms with Gasteiger partial charge >= 0.3 is 5.97 Å². The molecule has 0 saturated heterocycles. The molecule has 3 nitrogen and oxygen atoms in total. The van der Waals surface area contributed by atoms with Gasteiger partial charge < -0.3 is 10.1 Å². The average molecular weight is 311 g/mol. The van der Waals surface area contributed by atoms with Gasteiger partial charge in [-0.25, -0.2) is 0 Å². The molecule has 0 heterocycles. The second kappa shape index (κ2) is 8.49. The molecule has 0 aliphatic heterocycles. The van der Waals surface area contributed by atoms with Crippen molar-refractivity contribution in [1.29, 1.82) is 0 Å². The van der Waals surface area contributed by atoms with Crippen molar-refractivity contribution in [2.75, 3.05) is 6.54 Å². The third kappa shape index (κ3) is 5.22. The first kappa shape index (κ1) is 17.2. The highest BCUT2D eigenvalue weighted by Crippen LogP contribution is 2.26. The molecular weight excluding hydrogens is 286 g/mol. The number of nitrogens with one attached hydrogen (secondary N) is 1. The molecule has 122 valence electrons. The fourth-order valence-electron chi connectivity index (χ4n) is 2.47. The molecule has 2 aromatic carbocycles. The van der Waals surface area contributed by atoms with Crippen molar-refractivity contribution >= 4 is 5.97 Å². The number of rotatable bonds is 7. The number of benzene rings is 2. The van der Waals surface area contributed by atoms with E-state index in [0.29, 0.717) is 12.6 Å². The lowest BCUT2D eigenvalue weighted by Crippen LogP contribution is -2.34. The molecule has 0 aliphatic rings. The zero-order chi connectivity index (χ0) is 16.7. The molecule has 0 aromatic heterocycles. The van der Waals surface area contributed by atoms with Gasteiger partial charge in [0.15, 0.2) is 0 Å². The minimum absolute atomic E-state index is 0.167. The van der Waals surface area contributed by atoms with E-state index in [1.165, 1.54) is 0 Å². The van der Waals surface area contributed by atoms with Gasteiger partial charge in [0, 0.05) is 12.6 Å². The first-order valence-corrected chi connectivity index (χ1v) is 8.11. The maximum absolute atomic E-state index is 12.7. The zero-order valence-electron chi connectivity index (χ0n) is 14.0. The van der Waals surface area contributed by atoms with E-state index in [0.717, 1.165) is 11.1 Å². The van der Waals surface area contributed by atoms with Crippen LogP contribution >= 0.6 is 0 Å². The Hall–Kier alpha value is -2.13. The maximum atomic E-state index is 12.7. The van der Waals surface area contributed by atoms with Crippen LogP contribution < -0.4 is 5.32 Å². The fourth-order valence-corrected chi connectivity index (χ4v) is 2.47. The van der Waals surface area contributed by atoms with Crippen LogP contribution in [0, 0.1) is 0 Å². The smallest absolute Gasteiger partial charge is 0.318 e. The Labute approximate surface area is 138 Å². The summed E-state index contributed by atoms with van der Waals surface area (Å²) in [6.07, 6.45) is -0.167. The topological polar surface area (TPSA) is 38.3 Å². The van der Waals surface area contributed by atoms with Crippen molar-refractivity contribution in [3.63, 3.8) is 0 Å². The Kier molecular flexibility index (Phi) is 6.36. The largest absolute Gasteiger partial charge is 0.461 e. The summed E-state index contributed by atoms with van der Waals surface area (Å²) in [7, 11) is 0. The van der Waals surface area contributed by atoms with Crippen molar-refractivity contribution in [3.05, 3.63) is 71.8 Å². The molecule has 0 spiro atoms. The highest BCUT2D eigenvalue weighted by molar-refractivity contribution is 5.82. The van der Waals surface area contributed by atoms with Gasteiger partial charge in [0.2, 0.25) is 0 Å². The average Bonchev–Trinajstić information content (AvgIpc) is 2.55. The van der Waals surface area contributed by atoms with Crippen molar-refractivity contribution in [3.8, 4) is 0 Å². The molecule has 0 aliphatic carbocycles. The summed E-state index contributed by atoms with van der Waals surface area (Å²) < 4.78 is 5.67. The minimum atomic E-state index is -0.390. The molecule has 1 unspecified atom stereocenters. The summed E-state index contributed by atoms with van der Waals surface area (Å²) in [4.78, 5) is 12.7. The van der Waals surface area contributed by atoms with Gasteiger partial charge in [-0.15, -0.1) is 0 Å². The summed E-state index contributed by atoms with van der Waals surface area (Å²) in [6, 6.07) is 19.9. The molecule has 1 N–H and O–H groups in total. The summed E-state index contributed by atoms with van der Waals surface area (Å²) in [5.41, 5.74) is 1.90. The number of hydrogen-bond donors (Lipinski definition) is 1. The molecular formula is C20H25NO2. The van der Waals surface area contributed by atoms with Gasteiger partial charge in [-0.3, -0.25) is 4.79 Å². The van der Waals surface area contributed by atoms with Crippen LogP contribution in [0.25, 0.3) is 0 Å². The first-order valence-electron chi connectivity index (χ1n) is 8.11. The Morgan fingerprint density at radius 3 is 1.83 bits per heavy atom. The van der Waals surface area contributed by atoms with Crippen molar-refractivity contribution in [1.82, 2.24) is 5.32 Å². The van der Waals surface area contributed by atoms with Crippen LogP contribution in [-0.2, 0) is 9.53 Å². The Balaban J connectivity index is 2.16. The van der Waals surface area contributed by atoms with E-state index in [1.54, 1.807) is 0 Å². The highest BCUT2D eigenvalue weighted by Gasteiger charge is 2.25. The molecule has 0 fully saturated rings. The fraction of sp³-hybridized carbons (Fsp3) is 0.350. The van der Waals surface area contributed by atoms with Crippen LogP contribution in [0.1, 0.15) is 37.8 Å². The van der Waals surface area contributed by atoms with Crippen LogP contribution in [0.4, 0.5) is 0 Å².